The smallest absolute Gasteiger partial charge is 0.274 e. The van der Waals surface area contributed by atoms with Crippen LogP contribution in [0.15, 0.2) is 28.6 Å². The maximum Gasteiger partial charge on any atom is 0.274 e. The molecule has 3 N–H and O–H groups in total. The first kappa shape index (κ1) is 14.5. The molecule has 0 aliphatic heterocycles. The van der Waals surface area contributed by atoms with Gasteiger partial charge in [-0.3, -0.25) is 4.72 Å². The third kappa shape index (κ3) is 3.54. The van der Waals surface area contributed by atoms with Gasteiger partial charge in [0.25, 0.3) is 10.0 Å². The van der Waals surface area contributed by atoms with Crippen LogP contribution in [0.4, 0.5) is 5.82 Å². The average molecular weight is 308 g/mol. The molecule has 0 unspecified atom stereocenters. The highest BCUT2D eigenvalue weighted by Crippen LogP contribution is 2.20. The molecular weight excluding hydrogens is 296 g/mol. The highest BCUT2D eigenvalue weighted by molar-refractivity contribution is 7.94. The minimum absolute atomic E-state index is 0.148. The average Bonchev–Trinajstić information content (AvgIpc) is 2.84. The van der Waals surface area contributed by atoms with Crippen LogP contribution < -0.4 is 10.5 Å². The number of nitrogens with two attached hydrogens (primary N) is 1. The van der Waals surface area contributed by atoms with Crippen molar-refractivity contribution in [3.63, 3.8) is 0 Å². The second-order valence-electron chi connectivity index (χ2n) is 3.72. The van der Waals surface area contributed by atoms with E-state index in [1.165, 1.54) is 6.20 Å². The Morgan fingerprint density at radius 3 is 2.90 bits per heavy atom. The molecule has 0 bridgehead atoms. The molecule has 0 aliphatic carbocycles. The number of nitrogens with zero attached hydrogens (tertiary/aromatic N) is 2. The summed E-state index contributed by atoms with van der Waals surface area (Å²) in [6, 6.07) is 4.90. The van der Waals surface area contributed by atoms with E-state index in [4.69, 9.17) is 5.73 Å². The Morgan fingerprint density at radius 1 is 1.45 bits per heavy atom. The van der Waals surface area contributed by atoms with Crippen LogP contribution in [0.1, 0.15) is 10.7 Å². The molecule has 2 aromatic heterocycles. The van der Waals surface area contributed by atoms with Crippen LogP contribution in [0.2, 0.25) is 0 Å². The lowest BCUT2D eigenvalue weighted by Crippen LogP contribution is -2.12. The third-order valence-electron chi connectivity index (χ3n) is 2.17. The number of rotatable bonds is 3. The number of pyridine rings is 1. The topological polar surface area (TPSA) is 98.0 Å². The molecule has 104 valence electrons. The Balaban J connectivity index is 2.25. The molecule has 0 radical (unpaired) electrons. The van der Waals surface area contributed by atoms with Crippen molar-refractivity contribution in [3.8, 4) is 11.8 Å². The highest BCUT2D eigenvalue weighted by atomic mass is 32.2. The largest absolute Gasteiger partial charge is 0.320 e. The molecule has 2 rings (SSSR count). The lowest BCUT2D eigenvalue weighted by Gasteiger charge is -2.04. The number of nitrogens with one attached hydrogen (secondary N) is 1. The first-order chi connectivity index (χ1) is 9.51. The van der Waals surface area contributed by atoms with Gasteiger partial charge >= 0.3 is 0 Å². The van der Waals surface area contributed by atoms with Gasteiger partial charge in [0.2, 0.25) is 0 Å². The lowest BCUT2D eigenvalue weighted by atomic mass is 10.3. The quantitative estimate of drug-likeness (QED) is 0.823. The van der Waals surface area contributed by atoms with Crippen molar-refractivity contribution in [1.82, 2.24) is 9.97 Å². The zero-order chi connectivity index (χ0) is 14.6. The Labute approximate surface area is 121 Å². The minimum Gasteiger partial charge on any atom is -0.320 e. The molecule has 0 saturated heterocycles. The van der Waals surface area contributed by atoms with Gasteiger partial charge in [-0.25, -0.2) is 18.4 Å². The van der Waals surface area contributed by atoms with Gasteiger partial charge in [-0.1, -0.05) is 12.0 Å². The Hall–Kier alpha value is -1.95. The zero-order valence-corrected chi connectivity index (χ0v) is 12.3. The Morgan fingerprint density at radius 2 is 2.25 bits per heavy atom. The molecule has 0 fully saturated rings. The van der Waals surface area contributed by atoms with Crippen LogP contribution in [0.25, 0.3) is 0 Å². The number of sulfonamides is 1. The van der Waals surface area contributed by atoms with E-state index in [1.807, 2.05) is 0 Å². The summed E-state index contributed by atoms with van der Waals surface area (Å²) in [4.78, 5) is 8.02. The Bertz CT molecular complexity index is 772. The van der Waals surface area contributed by atoms with Gasteiger partial charge in [0, 0.05) is 0 Å². The van der Waals surface area contributed by atoms with Gasteiger partial charge in [0.1, 0.15) is 11.5 Å². The molecule has 0 amide bonds. The van der Waals surface area contributed by atoms with E-state index in [9.17, 15) is 8.42 Å². The van der Waals surface area contributed by atoms with E-state index in [0.29, 0.717) is 10.7 Å². The first-order valence-electron chi connectivity index (χ1n) is 5.62. The minimum atomic E-state index is -3.66. The molecule has 0 spiro atoms. The van der Waals surface area contributed by atoms with Gasteiger partial charge in [0.15, 0.2) is 4.21 Å². The van der Waals surface area contributed by atoms with Gasteiger partial charge in [-0.2, -0.15) is 0 Å². The summed E-state index contributed by atoms with van der Waals surface area (Å²) in [6.45, 7) is 1.96. The summed E-state index contributed by atoms with van der Waals surface area (Å²) in [5.74, 6) is 5.61. The highest BCUT2D eigenvalue weighted by Gasteiger charge is 2.17. The van der Waals surface area contributed by atoms with Gasteiger partial charge in [0.05, 0.1) is 17.7 Å². The summed E-state index contributed by atoms with van der Waals surface area (Å²) in [5.41, 5.74) is 5.73. The van der Waals surface area contributed by atoms with Crippen LogP contribution >= 0.6 is 11.3 Å². The van der Waals surface area contributed by atoms with E-state index in [2.05, 4.69) is 26.5 Å². The van der Waals surface area contributed by atoms with Gasteiger partial charge < -0.3 is 5.73 Å². The molecule has 6 nitrogen and oxygen atoms in total. The van der Waals surface area contributed by atoms with E-state index >= 15 is 0 Å². The van der Waals surface area contributed by atoms with Crippen molar-refractivity contribution in [2.45, 2.75) is 11.1 Å². The maximum absolute atomic E-state index is 12.1. The molecule has 0 aromatic carbocycles. The number of aryl methyl sites for hydroxylation is 1. The second kappa shape index (κ2) is 6.00. The standard InChI is InChI=1S/C12H12N4O2S2/c1-9-14-8-12(19-9)20(17,18)16-11-6-2-4-10(15-11)5-3-7-13/h2,4,6,8H,7,13H2,1H3,(H,15,16). The monoisotopic (exact) mass is 308 g/mol. The van der Waals surface area contributed by atoms with E-state index in [0.717, 1.165) is 11.3 Å². The molecular formula is C12H12N4O2S2. The molecule has 0 saturated carbocycles. The molecule has 0 aliphatic rings. The molecule has 2 heterocycles. The summed E-state index contributed by atoms with van der Waals surface area (Å²) < 4.78 is 26.8. The first-order valence-corrected chi connectivity index (χ1v) is 7.92. The fraction of sp³-hybridized carbons (Fsp3) is 0.167. The Kier molecular flexibility index (Phi) is 4.34. The summed E-state index contributed by atoms with van der Waals surface area (Å²) in [5, 5.41) is 0.681. The van der Waals surface area contributed by atoms with Crippen molar-refractivity contribution in [2.24, 2.45) is 5.73 Å². The fourth-order valence-electron chi connectivity index (χ4n) is 1.36. The molecule has 2 aromatic rings. The van der Waals surface area contributed by atoms with Crippen LogP contribution in [0.5, 0.6) is 0 Å². The number of hydrogen-bond donors (Lipinski definition) is 2. The summed E-state index contributed by atoms with van der Waals surface area (Å²) in [7, 11) is -3.66. The van der Waals surface area contributed by atoms with Crippen LogP contribution in [-0.2, 0) is 10.0 Å². The SMILES string of the molecule is Cc1ncc(S(=O)(=O)Nc2cccc(C#CCN)n2)s1. The van der Waals surface area contributed by atoms with Crippen molar-refractivity contribution >= 4 is 27.2 Å². The number of anilines is 1. The van der Waals surface area contributed by atoms with Gasteiger partial charge in [-0.05, 0) is 25.0 Å². The zero-order valence-electron chi connectivity index (χ0n) is 10.6. The number of thiazole rings is 1. The summed E-state index contributed by atoms with van der Waals surface area (Å²) >= 11 is 1.10. The van der Waals surface area contributed by atoms with Crippen molar-refractivity contribution in [3.05, 3.63) is 35.1 Å². The maximum atomic E-state index is 12.1. The van der Waals surface area contributed by atoms with E-state index in [1.54, 1.807) is 25.1 Å². The molecule has 0 atom stereocenters. The number of hydrogen-bond acceptors (Lipinski definition) is 6. The van der Waals surface area contributed by atoms with Crippen molar-refractivity contribution in [2.75, 3.05) is 11.3 Å². The molecule has 8 heteroatoms. The third-order valence-corrected chi connectivity index (χ3v) is 4.90. The second-order valence-corrected chi connectivity index (χ2v) is 6.86. The van der Waals surface area contributed by atoms with Crippen molar-refractivity contribution in [1.29, 1.82) is 0 Å². The van der Waals surface area contributed by atoms with Crippen LogP contribution in [0.3, 0.4) is 0 Å². The van der Waals surface area contributed by atoms with Crippen LogP contribution in [0, 0.1) is 18.8 Å². The summed E-state index contributed by atoms with van der Waals surface area (Å²) in [6.07, 6.45) is 1.32. The van der Waals surface area contributed by atoms with Crippen molar-refractivity contribution < 1.29 is 8.42 Å². The number of aromatic nitrogens is 2. The van der Waals surface area contributed by atoms with Crippen LogP contribution in [-0.4, -0.2) is 24.9 Å². The predicted molar refractivity (Wildman–Crippen MR) is 77.8 cm³/mol. The molecule has 20 heavy (non-hydrogen) atoms. The predicted octanol–water partition coefficient (Wildman–Crippen LogP) is 0.958. The fourth-order valence-corrected chi connectivity index (χ4v) is 3.47. The van der Waals surface area contributed by atoms with E-state index in [-0.39, 0.29) is 16.6 Å². The van der Waals surface area contributed by atoms with Gasteiger partial charge in [-0.15, -0.1) is 11.3 Å². The lowest BCUT2D eigenvalue weighted by molar-refractivity contribution is 0.603. The van der Waals surface area contributed by atoms with E-state index < -0.39 is 10.0 Å². The normalized spacial score (nSPS) is 10.7.